The molecule has 1 aliphatic rings. The first-order chi connectivity index (χ1) is 10.1. The van der Waals surface area contributed by atoms with Gasteiger partial charge >= 0.3 is 0 Å². The highest BCUT2D eigenvalue weighted by molar-refractivity contribution is 7.14. The predicted octanol–water partition coefficient (Wildman–Crippen LogP) is 2.55. The molecule has 0 atom stereocenters. The molecule has 0 bridgehead atoms. The number of halogens is 1. The monoisotopic (exact) mass is 308 g/mol. The van der Waals surface area contributed by atoms with Crippen molar-refractivity contribution >= 4 is 17.0 Å². The molecule has 2 aromatic rings. The zero-order valence-electron chi connectivity index (χ0n) is 11.1. The van der Waals surface area contributed by atoms with E-state index in [1.165, 1.54) is 24.2 Å². The average molecular weight is 308 g/mol. The molecule has 6 nitrogen and oxygen atoms in total. The van der Waals surface area contributed by atoms with Gasteiger partial charge in [0.05, 0.1) is 10.5 Å². The molecule has 0 amide bonds. The van der Waals surface area contributed by atoms with Gasteiger partial charge in [-0.1, -0.05) is 11.3 Å². The summed E-state index contributed by atoms with van der Waals surface area (Å²) in [5.74, 6) is -0.525. The summed E-state index contributed by atoms with van der Waals surface area (Å²) in [6, 6.07) is 3.98. The minimum atomic E-state index is -0.537. The van der Waals surface area contributed by atoms with Gasteiger partial charge in [0.25, 0.3) is 5.69 Å². The van der Waals surface area contributed by atoms with Crippen LogP contribution in [0.4, 0.5) is 10.1 Å². The van der Waals surface area contributed by atoms with Crippen molar-refractivity contribution in [1.29, 1.82) is 0 Å². The third kappa shape index (κ3) is 3.40. The first-order valence-corrected chi connectivity index (χ1v) is 7.45. The fraction of sp³-hybridized carbons (Fsp3) is 0.385. The number of benzene rings is 1. The molecule has 110 valence electrons. The van der Waals surface area contributed by atoms with Crippen LogP contribution >= 0.6 is 11.3 Å². The van der Waals surface area contributed by atoms with Gasteiger partial charge in [-0.3, -0.25) is 10.1 Å². The summed E-state index contributed by atoms with van der Waals surface area (Å²) in [5.41, 5.74) is 0.0223. The summed E-state index contributed by atoms with van der Waals surface area (Å²) in [4.78, 5) is 10.5. The summed E-state index contributed by atoms with van der Waals surface area (Å²) < 4.78 is 13.3. The van der Waals surface area contributed by atoms with E-state index >= 15 is 0 Å². The van der Waals surface area contributed by atoms with Crippen LogP contribution in [0.15, 0.2) is 18.2 Å². The van der Waals surface area contributed by atoms with Crippen molar-refractivity contribution in [2.75, 3.05) is 6.54 Å². The minimum Gasteiger partial charge on any atom is -0.314 e. The second-order valence-electron chi connectivity index (χ2n) is 4.90. The molecule has 0 saturated heterocycles. The quantitative estimate of drug-likeness (QED) is 0.655. The Balaban J connectivity index is 1.78. The highest BCUT2D eigenvalue weighted by Gasteiger charge is 2.21. The molecule has 21 heavy (non-hydrogen) atoms. The van der Waals surface area contributed by atoms with Crippen LogP contribution in [0.5, 0.6) is 0 Å². The van der Waals surface area contributed by atoms with E-state index in [4.69, 9.17) is 0 Å². The third-order valence-corrected chi connectivity index (χ3v) is 4.22. The topological polar surface area (TPSA) is 81.0 Å². The van der Waals surface area contributed by atoms with Crippen LogP contribution in [-0.4, -0.2) is 27.7 Å². The lowest BCUT2D eigenvalue weighted by atomic mass is 10.2. The molecule has 1 aromatic heterocycles. The first kappa shape index (κ1) is 14.0. The standard InChI is InChI=1S/C13H13FN4O2S/c14-8-1-4-11(18(19)20)10(7-8)13-17-16-12(21-13)5-6-15-9-2-3-9/h1,4,7,9,15H,2-3,5-6H2. The van der Waals surface area contributed by atoms with E-state index in [2.05, 4.69) is 15.5 Å². The summed E-state index contributed by atoms with van der Waals surface area (Å²) in [5, 5.41) is 23.5. The van der Waals surface area contributed by atoms with Crippen LogP contribution in [0.25, 0.3) is 10.6 Å². The lowest BCUT2D eigenvalue weighted by molar-refractivity contribution is -0.384. The summed E-state index contributed by atoms with van der Waals surface area (Å²) >= 11 is 1.26. The largest absolute Gasteiger partial charge is 0.314 e. The van der Waals surface area contributed by atoms with E-state index < -0.39 is 10.7 Å². The first-order valence-electron chi connectivity index (χ1n) is 6.63. The molecule has 1 fully saturated rings. The Morgan fingerprint density at radius 2 is 2.24 bits per heavy atom. The van der Waals surface area contributed by atoms with Crippen LogP contribution in [0.2, 0.25) is 0 Å². The van der Waals surface area contributed by atoms with Gasteiger partial charge in [-0.05, 0) is 25.0 Å². The summed E-state index contributed by atoms with van der Waals surface area (Å²) in [6.07, 6.45) is 3.16. The zero-order chi connectivity index (χ0) is 14.8. The molecule has 1 saturated carbocycles. The van der Waals surface area contributed by atoms with Gasteiger partial charge in [-0.15, -0.1) is 10.2 Å². The van der Waals surface area contributed by atoms with E-state index in [-0.39, 0.29) is 11.3 Å². The molecule has 3 rings (SSSR count). The van der Waals surface area contributed by atoms with Crippen LogP contribution in [0.3, 0.4) is 0 Å². The number of rotatable bonds is 6. The maximum Gasteiger partial charge on any atom is 0.279 e. The van der Waals surface area contributed by atoms with Gasteiger partial charge in [-0.25, -0.2) is 4.39 Å². The second kappa shape index (κ2) is 5.82. The Labute approximate surface area is 124 Å². The van der Waals surface area contributed by atoms with Crippen molar-refractivity contribution in [2.24, 2.45) is 0 Å². The Bertz CT molecular complexity index is 672. The molecular weight excluding hydrogens is 295 g/mol. The van der Waals surface area contributed by atoms with Gasteiger partial charge in [-0.2, -0.15) is 0 Å². The number of nitro groups is 1. The SMILES string of the molecule is O=[N+]([O-])c1ccc(F)cc1-c1nnc(CCNC2CC2)s1. The minimum absolute atomic E-state index is 0.157. The molecule has 1 aromatic carbocycles. The number of hydrogen-bond donors (Lipinski definition) is 1. The van der Waals surface area contributed by atoms with Gasteiger partial charge in [0, 0.05) is 25.1 Å². The van der Waals surface area contributed by atoms with Crippen LogP contribution < -0.4 is 5.32 Å². The Morgan fingerprint density at radius 3 is 2.95 bits per heavy atom. The Kier molecular flexibility index (Phi) is 3.89. The second-order valence-corrected chi connectivity index (χ2v) is 5.96. The predicted molar refractivity (Wildman–Crippen MR) is 76.7 cm³/mol. The number of aromatic nitrogens is 2. The Hall–Kier alpha value is -1.93. The Morgan fingerprint density at radius 1 is 1.43 bits per heavy atom. The summed E-state index contributed by atoms with van der Waals surface area (Å²) in [7, 11) is 0. The van der Waals surface area contributed by atoms with Crippen LogP contribution in [0.1, 0.15) is 17.8 Å². The normalized spacial score (nSPS) is 14.3. The molecule has 0 spiro atoms. The number of hydrogen-bond acceptors (Lipinski definition) is 6. The number of nitro benzene ring substituents is 1. The van der Waals surface area contributed by atoms with E-state index in [1.54, 1.807) is 0 Å². The molecular formula is C13H13FN4O2S. The highest BCUT2D eigenvalue weighted by atomic mass is 32.1. The van der Waals surface area contributed by atoms with E-state index in [0.29, 0.717) is 11.0 Å². The van der Waals surface area contributed by atoms with Crippen molar-refractivity contribution in [3.63, 3.8) is 0 Å². The van der Waals surface area contributed by atoms with E-state index in [0.717, 1.165) is 36.2 Å². The molecule has 0 unspecified atom stereocenters. The summed E-state index contributed by atoms with van der Waals surface area (Å²) in [6.45, 7) is 0.810. The fourth-order valence-electron chi connectivity index (χ4n) is 1.97. The lowest BCUT2D eigenvalue weighted by Crippen LogP contribution is -2.19. The highest BCUT2D eigenvalue weighted by Crippen LogP contribution is 2.32. The molecule has 1 N–H and O–H groups in total. The van der Waals surface area contributed by atoms with Gasteiger partial charge in [0.15, 0.2) is 5.01 Å². The van der Waals surface area contributed by atoms with Crippen LogP contribution in [0, 0.1) is 15.9 Å². The van der Waals surface area contributed by atoms with Crippen LogP contribution in [-0.2, 0) is 6.42 Å². The van der Waals surface area contributed by atoms with E-state index in [9.17, 15) is 14.5 Å². The van der Waals surface area contributed by atoms with Gasteiger partial charge < -0.3 is 5.32 Å². The molecule has 1 heterocycles. The van der Waals surface area contributed by atoms with Crippen molar-refractivity contribution in [3.8, 4) is 10.6 Å². The zero-order valence-corrected chi connectivity index (χ0v) is 11.9. The maximum absolute atomic E-state index is 13.3. The molecule has 1 aliphatic carbocycles. The molecule has 0 aliphatic heterocycles. The number of nitrogens with zero attached hydrogens (tertiary/aromatic N) is 3. The maximum atomic E-state index is 13.3. The smallest absolute Gasteiger partial charge is 0.279 e. The molecule has 8 heteroatoms. The van der Waals surface area contributed by atoms with Crippen molar-refractivity contribution < 1.29 is 9.31 Å². The molecule has 0 radical (unpaired) electrons. The van der Waals surface area contributed by atoms with Crippen molar-refractivity contribution in [3.05, 3.63) is 39.1 Å². The lowest BCUT2D eigenvalue weighted by Gasteiger charge is -1.99. The van der Waals surface area contributed by atoms with Gasteiger partial charge in [0.2, 0.25) is 0 Å². The van der Waals surface area contributed by atoms with Gasteiger partial charge in [0.1, 0.15) is 10.8 Å². The number of nitrogens with one attached hydrogen (secondary N) is 1. The third-order valence-electron chi connectivity index (χ3n) is 3.20. The van der Waals surface area contributed by atoms with E-state index in [1.807, 2.05) is 0 Å². The average Bonchev–Trinajstić information content (AvgIpc) is 3.14. The van der Waals surface area contributed by atoms with Crippen molar-refractivity contribution in [2.45, 2.75) is 25.3 Å². The fourth-order valence-corrected chi connectivity index (χ4v) is 2.84. The van der Waals surface area contributed by atoms with Crippen molar-refractivity contribution in [1.82, 2.24) is 15.5 Å².